The van der Waals surface area contributed by atoms with Gasteiger partial charge in [0.2, 0.25) is 0 Å². The van der Waals surface area contributed by atoms with E-state index in [1.165, 1.54) is 30.3 Å². The van der Waals surface area contributed by atoms with Gasteiger partial charge in [-0.3, -0.25) is 19.1 Å². The van der Waals surface area contributed by atoms with Crippen LogP contribution >= 0.6 is 35.0 Å². The van der Waals surface area contributed by atoms with Gasteiger partial charge in [0, 0.05) is 24.4 Å². The van der Waals surface area contributed by atoms with Crippen LogP contribution in [0.15, 0.2) is 42.7 Å². The maximum atomic E-state index is 12.9. The molecular formula is C25H20Cl3FN6O4. The molecular weight excluding hydrogens is 574 g/mol. The zero-order valence-electron chi connectivity index (χ0n) is 20.5. The Morgan fingerprint density at radius 1 is 1.13 bits per heavy atom. The van der Waals surface area contributed by atoms with Gasteiger partial charge in [-0.25, -0.2) is 19.2 Å². The number of benzene rings is 2. The molecule has 1 amide bonds. The summed E-state index contributed by atoms with van der Waals surface area (Å²) in [6, 6.07) is 8.76. The zero-order valence-corrected chi connectivity index (χ0v) is 22.7. The number of halogens is 4. The standard InChI is InChI=1S/C18H17ClN6O3.C7H3Cl2FO/c1-25-15-13(16(23-19)24-25)20-8-21-14(15)17(26)22-12-6-4-9-7-10(18(27)28-2)3-5-11(9)12;8-5-3-4(7(9)11)1-2-6(5)10/h3,5,7-8,12H,4,6H2,1-2H3,(H,22,26)(H,23,24);1-3H/t12-;/m0./s1. The molecule has 2 aromatic carbocycles. The van der Waals surface area contributed by atoms with Crippen LogP contribution in [-0.4, -0.2) is 44.0 Å². The predicted molar refractivity (Wildman–Crippen MR) is 144 cm³/mol. The van der Waals surface area contributed by atoms with Gasteiger partial charge in [-0.15, -0.1) is 0 Å². The quantitative estimate of drug-likeness (QED) is 0.188. The van der Waals surface area contributed by atoms with Crippen molar-refractivity contribution in [2.24, 2.45) is 7.05 Å². The maximum Gasteiger partial charge on any atom is 0.337 e. The Morgan fingerprint density at radius 3 is 2.54 bits per heavy atom. The average Bonchev–Trinajstić information content (AvgIpc) is 3.49. The molecule has 5 rings (SSSR count). The highest BCUT2D eigenvalue weighted by atomic mass is 35.5. The molecule has 14 heteroatoms. The van der Waals surface area contributed by atoms with E-state index in [-0.39, 0.29) is 34.2 Å². The van der Waals surface area contributed by atoms with Crippen molar-refractivity contribution in [3.8, 4) is 0 Å². The zero-order chi connectivity index (χ0) is 28.3. The highest BCUT2D eigenvalue weighted by Crippen LogP contribution is 2.32. The number of rotatable bonds is 5. The number of nitrogens with one attached hydrogen (secondary N) is 2. The minimum absolute atomic E-state index is 0.100. The summed E-state index contributed by atoms with van der Waals surface area (Å²) in [5, 5.41) is 6.47. The van der Waals surface area contributed by atoms with E-state index in [0.717, 1.165) is 30.0 Å². The van der Waals surface area contributed by atoms with Gasteiger partial charge in [-0.05, 0) is 65.9 Å². The molecule has 1 aliphatic rings. The first-order valence-corrected chi connectivity index (χ1v) is 12.5. The summed E-state index contributed by atoms with van der Waals surface area (Å²) in [6.07, 6.45) is 2.80. The molecule has 39 heavy (non-hydrogen) atoms. The number of anilines is 1. The fourth-order valence-corrected chi connectivity index (χ4v) is 4.62. The van der Waals surface area contributed by atoms with Crippen LogP contribution in [0.5, 0.6) is 0 Å². The van der Waals surface area contributed by atoms with Gasteiger partial charge in [0.05, 0.1) is 23.7 Å². The number of esters is 1. The second-order valence-electron chi connectivity index (χ2n) is 8.36. The fraction of sp³-hybridized carbons (Fsp3) is 0.200. The smallest absolute Gasteiger partial charge is 0.337 e. The summed E-state index contributed by atoms with van der Waals surface area (Å²) in [5.41, 5.74) is 3.88. The van der Waals surface area contributed by atoms with E-state index in [1.54, 1.807) is 13.1 Å². The molecule has 0 saturated carbocycles. The van der Waals surface area contributed by atoms with Crippen molar-refractivity contribution in [3.05, 3.63) is 81.5 Å². The molecule has 2 N–H and O–H groups in total. The summed E-state index contributed by atoms with van der Waals surface area (Å²) in [6.45, 7) is 0. The van der Waals surface area contributed by atoms with Crippen molar-refractivity contribution < 1.29 is 23.5 Å². The molecule has 202 valence electrons. The number of ether oxygens (including phenoxy) is 1. The van der Waals surface area contributed by atoms with Crippen molar-refractivity contribution >= 4 is 68.9 Å². The molecule has 0 fully saturated rings. The second kappa shape index (κ2) is 11.9. The normalized spacial score (nSPS) is 13.7. The highest BCUT2D eigenvalue weighted by Gasteiger charge is 2.27. The number of nitrogens with zero attached hydrogens (tertiary/aromatic N) is 4. The number of aromatic nitrogens is 4. The number of aryl methyl sites for hydroxylation is 2. The van der Waals surface area contributed by atoms with Crippen LogP contribution in [0, 0.1) is 5.82 Å². The average molecular weight is 594 g/mol. The van der Waals surface area contributed by atoms with E-state index in [4.69, 9.17) is 39.7 Å². The largest absolute Gasteiger partial charge is 0.465 e. The minimum atomic E-state index is -0.646. The van der Waals surface area contributed by atoms with E-state index >= 15 is 0 Å². The molecule has 0 saturated heterocycles. The van der Waals surface area contributed by atoms with Gasteiger partial charge in [0.1, 0.15) is 23.2 Å². The molecule has 0 radical (unpaired) electrons. The maximum absolute atomic E-state index is 12.9. The van der Waals surface area contributed by atoms with Crippen molar-refractivity contribution in [3.63, 3.8) is 0 Å². The van der Waals surface area contributed by atoms with Crippen LogP contribution in [0.2, 0.25) is 5.02 Å². The van der Waals surface area contributed by atoms with E-state index in [2.05, 4.69) is 25.2 Å². The molecule has 4 aromatic rings. The Morgan fingerprint density at radius 2 is 1.87 bits per heavy atom. The third-order valence-corrected chi connectivity index (χ3v) is 6.71. The first-order valence-electron chi connectivity index (χ1n) is 11.4. The number of hydrogen-bond donors (Lipinski definition) is 2. The molecule has 1 aliphatic carbocycles. The number of fused-ring (bicyclic) bond motifs is 2. The van der Waals surface area contributed by atoms with Crippen molar-refractivity contribution in [1.29, 1.82) is 0 Å². The first kappa shape index (κ1) is 28.2. The van der Waals surface area contributed by atoms with Gasteiger partial charge in [-0.1, -0.05) is 17.7 Å². The number of carbonyl (C=O) groups excluding carboxylic acids is 3. The summed E-state index contributed by atoms with van der Waals surface area (Å²) in [5.74, 6) is -0.907. The van der Waals surface area contributed by atoms with Crippen molar-refractivity contribution in [2.45, 2.75) is 18.9 Å². The summed E-state index contributed by atoms with van der Waals surface area (Å²) in [7, 11) is 3.05. The molecule has 0 spiro atoms. The summed E-state index contributed by atoms with van der Waals surface area (Å²) < 4.78 is 18.8. The Balaban J connectivity index is 0.000000270. The van der Waals surface area contributed by atoms with E-state index in [9.17, 15) is 18.8 Å². The van der Waals surface area contributed by atoms with Crippen LogP contribution in [0.4, 0.5) is 10.2 Å². The third-order valence-electron chi connectivity index (χ3n) is 6.02. The summed E-state index contributed by atoms with van der Waals surface area (Å²) in [4.78, 5) is 45.9. The number of carbonyl (C=O) groups is 3. The third kappa shape index (κ3) is 5.95. The lowest BCUT2D eigenvalue weighted by atomic mass is 10.0. The monoisotopic (exact) mass is 592 g/mol. The molecule has 2 heterocycles. The lowest BCUT2D eigenvalue weighted by Crippen LogP contribution is -2.28. The fourth-order valence-electron chi connectivity index (χ4n) is 4.19. The van der Waals surface area contributed by atoms with Crippen LogP contribution in [0.3, 0.4) is 0 Å². The molecule has 2 aromatic heterocycles. The van der Waals surface area contributed by atoms with E-state index in [1.807, 2.05) is 12.1 Å². The SMILES string of the molecule is COC(=O)c1ccc2c(c1)CC[C@@H]2NC(=O)c1ncnc2c(NCl)nn(C)c12.O=C(Cl)c1ccc(F)c(Cl)c1. The van der Waals surface area contributed by atoms with Crippen LogP contribution < -0.4 is 10.2 Å². The second-order valence-corrected chi connectivity index (χ2v) is 9.30. The summed E-state index contributed by atoms with van der Waals surface area (Å²) >= 11 is 16.2. The van der Waals surface area contributed by atoms with Crippen LogP contribution in [0.25, 0.3) is 11.0 Å². The topological polar surface area (TPSA) is 128 Å². The van der Waals surface area contributed by atoms with Gasteiger partial charge >= 0.3 is 5.97 Å². The Hall–Kier alpha value is -3.80. The Bertz CT molecular complexity index is 1600. The van der Waals surface area contributed by atoms with Crippen molar-refractivity contribution in [1.82, 2.24) is 25.1 Å². The molecule has 0 bridgehead atoms. The minimum Gasteiger partial charge on any atom is -0.465 e. The number of amides is 1. The van der Waals surface area contributed by atoms with Crippen LogP contribution in [-0.2, 0) is 18.2 Å². The van der Waals surface area contributed by atoms with Gasteiger partial charge < -0.3 is 10.1 Å². The van der Waals surface area contributed by atoms with Crippen molar-refractivity contribution in [2.75, 3.05) is 11.9 Å². The van der Waals surface area contributed by atoms with E-state index < -0.39 is 11.1 Å². The molecule has 1 atom stereocenters. The van der Waals surface area contributed by atoms with Gasteiger partial charge in [-0.2, -0.15) is 5.10 Å². The lowest BCUT2D eigenvalue weighted by Gasteiger charge is -2.14. The Kier molecular flexibility index (Phi) is 8.63. The number of hydrogen-bond acceptors (Lipinski definition) is 8. The number of methoxy groups -OCH3 is 1. The molecule has 0 unspecified atom stereocenters. The highest BCUT2D eigenvalue weighted by molar-refractivity contribution is 6.67. The molecule has 10 nitrogen and oxygen atoms in total. The first-order chi connectivity index (χ1) is 18.6. The van der Waals surface area contributed by atoms with Gasteiger partial charge in [0.15, 0.2) is 11.5 Å². The lowest BCUT2D eigenvalue weighted by molar-refractivity contribution is 0.0600. The van der Waals surface area contributed by atoms with E-state index in [0.29, 0.717) is 22.4 Å². The molecule has 0 aliphatic heterocycles. The Labute approximate surface area is 236 Å². The van der Waals surface area contributed by atoms with Gasteiger partial charge in [0.25, 0.3) is 11.1 Å². The van der Waals surface area contributed by atoms with Crippen LogP contribution in [0.1, 0.15) is 54.8 Å². The predicted octanol–water partition coefficient (Wildman–Crippen LogP) is 4.99.